The molecule has 1 aromatic carbocycles. The summed E-state index contributed by atoms with van der Waals surface area (Å²) < 4.78 is 0. The Balaban J connectivity index is 2.18. The van der Waals surface area contributed by atoms with Gasteiger partial charge in [0.25, 0.3) is 5.91 Å². The highest BCUT2D eigenvalue weighted by Gasteiger charge is 2.41. The third kappa shape index (κ3) is 2.41. The van der Waals surface area contributed by atoms with Crippen LogP contribution in [-0.2, 0) is 4.79 Å². The van der Waals surface area contributed by atoms with Crippen molar-refractivity contribution in [1.29, 1.82) is 0 Å². The van der Waals surface area contributed by atoms with Gasteiger partial charge >= 0.3 is 0 Å². The lowest BCUT2D eigenvalue weighted by Crippen LogP contribution is -2.40. The first-order valence-corrected chi connectivity index (χ1v) is 6.54. The van der Waals surface area contributed by atoms with Gasteiger partial charge in [-0.15, -0.1) is 0 Å². The minimum absolute atomic E-state index is 0.0434. The van der Waals surface area contributed by atoms with E-state index in [9.17, 15) is 9.59 Å². The van der Waals surface area contributed by atoms with Crippen molar-refractivity contribution in [2.45, 2.75) is 13.3 Å². The smallest absolute Gasteiger partial charge is 0.255 e. The Kier molecular flexibility index (Phi) is 3.57. The molecule has 1 aliphatic heterocycles. The molecule has 1 fully saturated rings. The summed E-state index contributed by atoms with van der Waals surface area (Å²) in [6.07, 6.45) is 0.646. The van der Waals surface area contributed by atoms with Crippen molar-refractivity contribution in [3.8, 4) is 0 Å². The summed E-state index contributed by atoms with van der Waals surface area (Å²) in [4.78, 5) is 26.0. The molecular formula is C14H20N4O2. The van der Waals surface area contributed by atoms with Gasteiger partial charge in [0.2, 0.25) is 5.91 Å². The van der Waals surface area contributed by atoms with Crippen LogP contribution < -0.4 is 16.8 Å². The summed E-state index contributed by atoms with van der Waals surface area (Å²) in [5.74, 6) is -0.201. The molecule has 5 N–H and O–H groups in total. The lowest BCUT2D eigenvalue weighted by molar-refractivity contribution is -0.128. The maximum atomic E-state index is 12.5. The zero-order valence-corrected chi connectivity index (χ0v) is 11.8. The third-order valence-electron chi connectivity index (χ3n) is 3.84. The van der Waals surface area contributed by atoms with Gasteiger partial charge in [0.1, 0.15) is 0 Å². The molecule has 0 aromatic heterocycles. The van der Waals surface area contributed by atoms with Crippen LogP contribution in [0.15, 0.2) is 18.2 Å². The highest BCUT2D eigenvalue weighted by atomic mass is 16.2. The Bertz CT molecular complexity index is 558. The molecule has 0 saturated carbocycles. The van der Waals surface area contributed by atoms with Crippen LogP contribution in [0.2, 0.25) is 0 Å². The number of carbonyl (C=O) groups excluding carboxylic acids is 2. The molecule has 1 saturated heterocycles. The van der Waals surface area contributed by atoms with Gasteiger partial charge in [-0.2, -0.15) is 0 Å². The standard InChI is InChI=1S/C14H20N4O2/c1-14(13(20)17-2)5-6-18(8-14)12(19)10-4-3-9(15)7-11(10)16/h3-4,7H,5-6,8,15-16H2,1-2H3,(H,17,20). The van der Waals surface area contributed by atoms with Gasteiger partial charge in [0.05, 0.1) is 11.0 Å². The summed E-state index contributed by atoms with van der Waals surface area (Å²) in [5, 5.41) is 2.65. The van der Waals surface area contributed by atoms with Crippen molar-refractivity contribution in [2.24, 2.45) is 5.41 Å². The van der Waals surface area contributed by atoms with E-state index >= 15 is 0 Å². The molecule has 1 aromatic rings. The van der Waals surface area contributed by atoms with E-state index in [1.165, 1.54) is 0 Å². The van der Waals surface area contributed by atoms with E-state index in [-0.39, 0.29) is 11.8 Å². The fourth-order valence-electron chi connectivity index (χ4n) is 2.57. The first-order valence-electron chi connectivity index (χ1n) is 6.54. The summed E-state index contributed by atoms with van der Waals surface area (Å²) >= 11 is 0. The predicted octanol–water partition coefficient (Wildman–Crippen LogP) is 0.449. The fourth-order valence-corrected chi connectivity index (χ4v) is 2.57. The predicted molar refractivity (Wildman–Crippen MR) is 78.0 cm³/mol. The van der Waals surface area contributed by atoms with Crippen LogP contribution >= 0.6 is 0 Å². The van der Waals surface area contributed by atoms with Gasteiger partial charge < -0.3 is 21.7 Å². The zero-order chi connectivity index (χ0) is 14.9. The van der Waals surface area contributed by atoms with Crippen LogP contribution in [0.1, 0.15) is 23.7 Å². The molecule has 2 amide bonds. The average molecular weight is 276 g/mol. The third-order valence-corrected chi connectivity index (χ3v) is 3.84. The zero-order valence-electron chi connectivity index (χ0n) is 11.8. The van der Waals surface area contributed by atoms with E-state index in [1.807, 2.05) is 6.92 Å². The number of benzene rings is 1. The average Bonchev–Trinajstić information content (AvgIpc) is 2.81. The summed E-state index contributed by atoms with van der Waals surface area (Å²) in [5.41, 5.74) is 12.2. The minimum Gasteiger partial charge on any atom is -0.399 e. The van der Waals surface area contributed by atoms with Crippen LogP contribution in [0.5, 0.6) is 0 Å². The quantitative estimate of drug-likeness (QED) is 0.682. The van der Waals surface area contributed by atoms with Crippen LogP contribution in [0.4, 0.5) is 11.4 Å². The number of amides is 2. The second kappa shape index (κ2) is 5.03. The van der Waals surface area contributed by atoms with Gasteiger partial charge in [0.15, 0.2) is 0 Å². The maximum absolute atomic E-state index is 12.5. The van der Waals surface area contributed by atoms with E-state index in [4.69, 9.17) is 11.5 Å². The van der Waals surface area contributed by atoms with Gasteiger partial charge in [-0.3, -0.25) is 9.59 Å². The van der Waals surface area contributed by atoms with E-state index in [2.05, 4.69) is 5.32 Å². The number of nitrogens with two attached hydrogens (primary N) is 2. The lowest BCUT2D eigenvalue weighted by atomic mass is 9.89. The first-order chi connectivity index (χ1) is 9.37. The van der Waals surface area contributed by atoms with E-state index in [0.717, 1.165) is 0 Å². The molecule has 20 heavy (non-hydrogen) atoms. The number of nitrogens with zero attached hydrogens (tertiary/aromatic N) is 1. The van der Waals surface area contributed by atoms with Crippen molar-refractivity contribution in [3.63, 3.8) is 0 Å². The molecule has 0 spiro atoms. The van der Waals surface area contributed by atoms with Crippen LogP contribution in [0.3, 0.4) is 0 Å². The second-order valence-electron chi connectivity index (χ2n) is 5.46. The molecule has 6 heteroatoms. The van der Waals surface area contributed by atoms with Gasteiger partial charge in [-0.25, -0.2) is 0 Å². The van der Waals surface area contributed by atoms with Gasteiger partial charge in [-0.05, 0) is 31.5 Å². The number of hydrogen-bond acceptors (Lipinski definition) is 4. The molecule has 0 bridgehead atoms. The number of nitrogen functional groups attached to an aromatic ring is 2. The number of anilines is 2. The van der Waals surface area contributed by atoms with Crippen LogP contribution in [0, 0.1) is 5.41 Å². The summed E-state index contributed by atoms with van der Waals surface area (Å²) in [6.45, 7) is 2.81. The number of nitrogens with one attached hydrogen (secondary N) is 1. The SMILES string of the molecule is CNC(=O)C1(C)CCN(C(=O)c2ccc(N)cc2N)C1. The van der Waals surface area contributed by atoms with Crippen molar-refractivity contribution in [2.75, 3.05) is 31.6 Å². The van der Waals surface area contributed by atoms with E-state index < -0.39 is 5.41 Å². The second-order valence-corrected chi connectivity index (χ2v) is 5.46. The van der Waals surface area contributed by atoms with Crippen molar-refractivity contribution in [3.05, 3.63) is 23.8 Å². The summed E-state index contributed by atoms with van der Waals surface area (Å²) in [6, 6.07) is 4.85. The Morgan fingerprint density at radius 1 is 1.35 bits per heavy atom. The Labute approximate surface area is 118 Å². The van der Waals surface area contributed by atoms with Gasteiger partial charge in [-0.1, -0.05) is 0 Å². The Morgan fingerprint density at radius 3 is 2.65 bits per heavy atom. The largest absolute Gasteiger partial charge is 0.399 e. The van der Waals surface area contributed by atoms with Crippen LogP contribution in [-0.4, -0.2) is 36.9 Å². The molecule has 2 rings (SSSR count). The minimum atomic E-state index is -0.535. The normalized spacial score (nSPS) is 21.8. The molecule has 0 aliphatic carbocycles. The number of likely N-dealkylation sites (tertiary alicyclic amines) is 1. The van der Waals surface area contributed by atoms with Crippen molar-refractivity contribution in [1.82, 2.24) is 10.2 Å². The highest BCUT2D eigenvalue weighted by molar-refractivity contribution is 6.00. The van der Waals surface area contributed by atoms with Gasteiger partial charge in [0, 0.05) is 31.5 Å². The molecule has 1 heterocycles. The molecule has 6 nitrogen and oxygen atoms in total. The topological polar surface area (TPSA) is 101 Å². The summed E-state index contributed by atoms with van der Waals surface area (Å²) in [7, 11) is 1.61. The number of rotatable bonds is 2. The van der Waals surface area contributed by atoms with E-state index in [0.29, 0.717) is 36.4 Å². The molecule has 1 aliphatic rings. The Morgan fingerprint density at radius 2 is 2.05 bits per heavy atom. The van der Waals surface area contributed by atoms with Crippen LogP contribution in [0.25, 0.3) is 0 Å². The maximum Gasteiger partial charge on any atom is 0.255 e. The molecule has 0 radical (unpaired) electrons. The molecule has 108 valence electrons. The van der Waals surface area contributed by atoms with Crippen molar-refractivity contribution < 1.29 is 9.59 Å². The van der Waals surface area contributed by atoms with Crippen molar-refractivity contribution >= 4 is 23.2 Å². The highest BCUT2D eigenvalue weighted by Crippen LogP contribution is 2.31. The Hall–Kier alpha value is -2.24. The molecule has 1 unspecified atom stereocenters. The number of hydrogen-bond donors (Lipinski definition) is 3. The first kappa shape index (κ1) is 14.2. The number of carbonyl (C=O) groups is 2. The molecule has 1 atom stereocenters. The monoisotopic (exact) mass is 276 g/mol. The lowest BCUT2D eigenvalue weighted by Gasteiger charge is -2.23. The van der Waals surface area contributed by atoms with E-state index in [1.54, 1.807) is 30.1 Å². The fraction of sp³-hybridized carbons (Fsp3) is 0.429. The molecular weight excluding hydrogens is 256 g/mol.